The van der Waals surface area contributed by atoms with E-state index in [0.29, 0.717) is 19.0 Å². The summed E-state index contributed by atoms with van der Waals surface area (Å²) in [4.78, 5) is 4.74. The Balaban J connectivity index is 1.41. The molecule has 0 saturated heterocycles. The third kappa shape index (κ3) is 5.01. The second kappa shape index (κ2) is 10.6. The standard InChI is InChI=1S/C27H28N2O3/c1-30-24-15-14-21(18-25(24)31-2)19-32-17-9-16-29-20-28-26(22-10-5-3-6-11-22)27(29)23-12-7-4-8-13-23/h3-8,10-15,18,20H,9,16-17,19H2,1-2H3. The highest BCUT2D eigenvalue weighted by Gasteiger charge is 2.14. The van der Waals surface area contributed by atoms with E-state index in [1.54, 1.807) is 14.2 Å². The summed E-state index contributed by atoms with van der Waals surface area (Å²) in [5.74, 6) is 1.44. The molecule has 5 nitrogen and oxygen atoms in total. The molecule has 0 amide bonds. The van der Waals surface area contributed by atoms with E-state index in [1.807, 2.05) is 48.8 Å². The first kappa shape index (κ1) is 21.7. The molecule has 0 radical (unpaired) electrons. The van der Waals surface area contributed by atoms with Gasteiger partial charge in [0.2, 0.25) is 0 Å². The van der Waals surface area contributed by atoms with Gasteiger partial charge in [-0.15, -0.1) is 0 Å². The molecule has 0 bridgehead atoms. The number of imidazole rings is 1. The summed E-state index contributed by atoms with van der Waals surface area (Å²) in [6.07, 6.45) is 2.82. The molecule has 4 aromatic rings. The van der Waals surface area contributed by atoms with Gasteiger partial charge in [0.1, 0.15) is 0 Å². The van der Waals surface area contributed by atoms with Crippen molar-refractivity contribution in [1.29, 1.82) is 0 Å². The van der Waals surface area contributed by atoms with Crippen molar-refractivity contribution in [1.82, 2.24) is 9.55 Å². The number of benzene rings is 3. The number of nitrogens with zero attached hydrogens (tertiary/aromatic N) is 2. The minimum atomic E-state index is 0.533. The van der Waals surface area contributed by atoms with Crippen molar-refractivity contribution in [3.05, 3.63) is 90.8 Å². The van der Waals surface area contributed by atoms with Crippen LogP contribution in [0.4, 0.5) is 0 Å². The topological polar surface area (TPSA) is 45.5 Å². The normalized spacial score (nSPS) is 10.8. The van der Waals surface area contributed by atoms with Gasteiger partial charge in [0.15, 0.2) is 11.5 Å². The number of rotatable bonds is 10. The van der Waals surface area contributed by atoms with Crippen LogP contribution in [0.5, 0.6) is 11.5 Å². The molecular formula is C27H28N2O3. The predicted octanol–water partition coefficient (Wildman–Crippen LogP) is 5.84. The molecular weight excluding hydrogens is 400 g/mol. The third-order valence-corrected chi connectivity index (χ3v) is 5.34. The largest absolute Gasteiger partial charge is 0.493 e. The third-order valence-electron chi connectivity index (χ3n) is 5.34. The van der Waals surface area contributed by atoms with E-state index in [-0.39, 0.29) is 0 Å². The number of ether oxygens (including phenoxy) is 3. The van der Waals surface area contributed by atoms with Crippen LogP contribution in [-0.4, -0.2) is 30.4 Å². The van der Waals surface area contributed by atoms with Gasteiger partial charge in [0, 0.05) is 24.3 Å². The summed E-state index contributed by atoms with van der Waals surface area (Å²) in [6.45, 7) is 2.02. The number of hydrogen-bond donors (Lipinski definition) is 0. The van der Waals surface area contributed by atoms with Crippen LogP contribution in [0.1, 0.15) is 12.0 Å². The maximum Gasteiger partial charge on any atom is 0.161 e. The lowest BCUT2D eigenvalue weighted by Gasteiger charge is -2.12. The molecule has 0 N–H and O–H groups in total. The monoisotopic (exact) mass is 428 g/mol. The molecule has 32 heavy (non-hydrogen) atoms. The molecule has 164 valence electrons. The molecule has 1 heterocycles. The van der Waals surface area contributed by atoms with Crippen LogP contribution in [0, 0.1) is 0 Å². The summed E-state index contributed by atoms with van der Waals surface area (Å²) >= 11 is 0. The highest BCUT2D eigenvalue weighted by atomic mass is 16.5. The average Bonchev–Trinajstić information content (AvgIpc) is 3.28. The first-order chi connectivity index (χ1) is 15.8. The first-order valence-electron chi connectivity index (χ1n) is 10.7. The fraction of sp³-hybridized carbons (Fsp3) is 0.222. The maximum absolute atomic E-state index is 5.92. The number of methoxy groups -OCH3 is 2. The molecule has 1 aromatic heterocycles. The highest BCUT2D eigenvalue weighted by molar-refractivity contribution is 5.78. The average molecular weight is 429 g/mol. The second-order valence-corrected chi connectivity index (χ2v) is 7.46. The molecule has 3 aromatic carbocycles. The van der Waals surface area contributed by atoms with Crippen LogP contribution in [0.15, 0.2) is 85.2 Å². The van der Waals surface area contributed by atoms with Crippen LogP contribution in [0.2, 0.25) is 0 Å². The smallest absolute Gasteiger partial charge is 0.161 e. The van der Waals surface area contributed by atoms with E-state index in [1.165, 1.54) is 0 Å². The van der Waals surface area contributed by atoms with Crippen molar-refractivity contribution in [3.63, 3.8) is 0 Å². The Morgan fingerprint density at radius 3 is 2.16 bits per heavy atom. The van der Waals surface area contributed by atoms with Crippen LogP contribution < -0.4 is 9.47 Å². The lowest BCUT2D eigenvalue weighted by atomic mass is 10.0. The van der Waals surface area contributed by atoms with Crippen LogP contribution in [0.3, 0.4) is 0 Å². The molecule has 0 saturated carbocycles. The first-order valence-corrected chi connectivity index (χ1v) is 10.7. The van der Waals surface area contributed by atoms with Gasteiger partial charge in [0.25, 0.3) is 0 Å². The Bertz CT molecular complexity index is 1120. The van der Waals surface area contributed by atoms with Gasteiger partial charge in [-0.05, 0) is 24.1 Å². The number of aryl methyl sites for hydroxylation is 1. The van der Waals surface area contributed by atoms with Gasteiger partial charge < -0.3 is 18.8 Å². The Morgan fingerprint density at radius 1 is 0.781 bits per heavy atom. The zero-order valence-corrected chi connectivity index (χ0v) is 18.5. The fourth-order valence-corrected chi connectivity index (χ4v) is 3.76. The molecule has 0 atom stereocenters. The van der Waals surface area contributed by atoms with Gasteiger partial charge in [0.05, 0.1) is 38.5 Å². The van der Waals surface area contributed by atoms with Gasteiger partial charge in [-0.3, -0.25) is 0 Å². The van der Waals surface area contributed by atoms with Crippen molar-refractivity contribution in [2.75, 3.05) is 20.8 Å². The minimum Gasteiger partial charge on any atom is -0.493 e. The Hall–Kier alpha value is -3.57. The van der Waals surface area contributed by atoms with Crippen LogP contribution in [-0.2, 0) is 17.9 Å². The molecule has 0 aliphatic rings. The second-order valence-electron chi connectivity index (χ2n) is 7.46. The van der Waals surface area contributed by atoms with Crippen molar-refractivity contribution in [3.8, 4) is 34.0 Å². The van der Waals surface area contributed by atoms with Crippen LogP contribution >= 0.6 is 0 Å². The highest BCUT2D eigenvalue weighted by Crippen LogP contribution is 2.31. The Labute approximate surface area is 189 Å². The molecule has 5 heteroatoms. The van der Waals surface area contributed by atoms with E-state index in [9.17, 15) is 0 Å². The van der Waals surface area contributed by atoms with E-state index < -0.39 is 0 Å². The maximum atomic E-state index is 5.92. The SMILES string of the molecule is COc1ccc(COCCCn2cnc(-c3ccccc3)c2-c2ccccc2)cc1OC. The van der Waals surface area contributed by atoms with Crippen molar-refractivity contribution >= 4 is 0 Å². The van der Waals surface area contributed by atoms with Crippen molar-refractivity contribution in [2.45, 2.75) is 19.6 Å². The summed E-state index contributed by atoms with van der Waals surface area (Å²) in [5, 5.41) is 0. The Morgan fingerprint density at radius 2 is 1.47 bits per heavy atom. The molecule has 0 fully saturated rings. The van der Waals surface area contributed by atoms with Gasteiger partial charge >= 0.3 is 0 Å². The zero-order chi connectivity index (χ0) is 22.2. The Kier molecular flexibility index (Phi) is 7.20. The van der Waals surface area contributed by atoms with Crippen LogP contribution in [0.25, 0.3) is 22.5 Å². The molecule has 0 aliphatic heterocycles. The molecule has 0 spiro atoms. The number of aromatic nitrogens is 2. The van der Waals surface area contributed by atoms with Gasteiger partial charge in [-0.1, -0.05) is 66.7 Å². The van der Waals surface area contributed by atoms with Gasteiger partial charge in [-0.25, -0.2) is 4.98 Å². The van der Waals surface area contributed by atoms with Crippen molar-refractivity contribution in [2.24, 2.45) is 0 Å². The lowest BCUT2D eigenvalue weighted by Crippen LogP contribution is -2.04. The van der Waals surface area contributed by atoms with Gasteiger partial charge in [-0.2, -0.15) is 0 Å². The predicted molar refractivity (Wildman–Crippen MR) is 127 cm³/mol. The lowest BCUT2D eigenvalue weighted by molar-refractivity contribution is 0.115. The summed E-state index contributed by atoms with van der Waals surface area (Å²) in [5.41, 5.74) is 5.48. The van der Waals surface area contributed by atoms with E-state index in [0.717, 1.165) is 46.8 Å². The molecule has 0 aliphatic carbocycles. The summed E-state index contributed by atoms with van der Waals surface area (Å²) < 4.78 is 18.8. The van der Waals surface area contributed by atoms with Crippen molar-refractivity contribution < 1.29 is 14.2 Å². The molecule has 0 unspecified atom stereocenters. The summed E-state index contributed by atoms with van der Waals surface area (Å²) in [7, 11) is 3.28. The van der Waals surface area contributed by atoms with E-state index >= 15 is 0 Å². The molecule has 4 rings (SSSR count). The van der Waals surface area contributed by atoms with E-state index in [2.05, 4.69) is 41.0 Å². The fourth-order valence-electron chi connectivity index (χ4n) is 3.76. The zero-order valence-electron chi connectivity index (χ0n) is 18.5. The number of hydrogen-bond acceptors (Lipinski definition) is 4. The summed E-state index contributed by atoms with van der Waals surface area (Å²) in [6, 6.07) is 26.6. The minimum absolute atomic E-state index is 0.533. The quantitative estimate of drug-likeness (QED) is 0.298. The van der Waals surface area contributed by atoms with E-state index in [4.69, 9.17) is 19.2 Å².